The Labute approximate surface area is 316 Å². The van der Waals surface area contributed by atoms with Crippen LogP contribution in [0.4, 0.5) is 23.7 Å². The second-order valence-corrected chi connectivity index (χ2v) is 18.7. The average Bonchev–Trinajstić information content (AvgIpc) is 4.01. The highest BCUT2D eigenvalue weighted by Crippen LogP contribution is 2.57. The second kappa shape index (κ2) is 13.6. The van der Waals surface area contributed by atoms with Crippen molar-refractivity contribution in [2.75, 3.05) is 11.9 Å². The number of halogens is 4. The molecule has 0 aromatic heterocycles. The molecule has 5 unspecified atom stereocenters. The summed E-state index contributed by atoms with van der Waals surface area (Å²) in [6, 6.07) is 7.38. The summed E-state index contributed by atoms with van der Waals surface area (Å²) in [6.45, 7) is 5.38. The van der Waals surface area contributed by atoms with E-state index in [2.05, 4.69) is 15.4 Å². The topological polar surface area (TPSA) is 154 Å². The third-order valence-electron chi connectivity index (χ3n) is 11.1. The summed E-state index contributed by atoms with van der Waals surface area (Å²) in [5.41, 5.74) is -1.63. The molecule has 54 heavy (non-hydrogen) atoms. The zero-order valence-corrected chi connectivity index (χ0v) is 31.6. The molecule has 2 heterocycles. The number of carbonyl (C=O) groups is 4. The van der Waals surface area contributed by atoms with Crippen LogP contribution in [0, 0.1) is 17.3 Å². The average molecular weight is 794 g/mol. The Balaban J connectivity index is 1.14. The van der Waals surface area contributed by atoms with E-state index in [-0.39, 0.29) is 50.0 Å². The number of hydrogen-bond acceptors (Lipinski definition) is 8. The highest BCUT2D eigenvalue weighted by molar-refractivity contribution is 7.91. The molecule has 5 aliphatic rings. The lowest BCUT2D eigenvalue weighted by Gasteiger charge is -2.36. The Hall–Kier alpha value is -4.05. The minimum Gasteiger partial charge on any atom is -0.444 e. The van der Waals surface area contributed by atoms with E-state index in [4.69, 9.17) is 16.3 Å². The maximum atomic E-state index is 14.6. The van der Waals surface area contributed by atoms with Gasteiger partial charge in [-0.25, -0.2) is 13.2 Å². The predicted octanol–water partition coefficient (Wildman–Crippen LogP) is 5.20. The van der Waals surface area contributed by atoms with E-state index in [1.807, 2.05) is 6.07 Å². The number of likely N-dealkylation sites (tertiary alicyclic amines) is 1. The number of amides is 4. The van der Waals surface area contributed by atoms with Gasteiger partial charge in [0, 0.05) is 23.7 Å². The lowest BCUT2D eigenvalue weighted by atomic mass is 9.85. The summed E-state index contributed by atoms with van der Waals surface area (Å²) >= 11 is 6.35. The van der Waals surface area contributed by atoms with Gasteiger partial charge in [0.1, 0.15) is 23.7 Å². The Morgan fingerprint density at radius 1 is 1.00 bits per heavy atom. The van der Waals surface area contributed by atoms with Crippen molar-refractivity contribution in [3.05, 3.63) is 64.2 Å². The van der Waals surface area contributed by atoms with Gasteiger partial charge in [-0.3, -0.25) is 24.0 Å². The van der Waals surface area contributed by atoms with Crippen LogP contribution in [0.1, 0.15) is 76.0 Å². The van der Waals surface area contributed by atoms with E-state index < -0.39 is 80.0 Å². The second-order valence-electron chi connectivity index (χ2n) is 16.3. The Bertz CT molecular complexity index is 1980. The summed E-state index contributed by atoms with van der Waals surface area (Å²) in [4.78, 5) is 58.7. The van der Waals surface area contributed by atoms with Gasteiger partial charge in [0.25, 0.3) is 5.91 Å². The largest absolute Gasteiger partial charge is 0.444 e. The molecule has 0 spiro atoms. The first kappa shape index (κ1) is 38.2. The number of anilines is 1. The molecule has 2 aliphatic heterocycles. The molecule has 0 bridgehead atoms. The van der Waals surface area contributed by atoms with E-state index in [1.54, 1.807) is 32.9 Å². The van der Waals surface area contributed by atoms with Crippen molar-refractivity contribution in [1.82, 2.24) is 19.8 Å². The zero-order chi connectivity index (χ0) is 39.0. The molecule has 0 radical (unpaired) electrons. The monoisotopic (exact) mass is 793 g/mol. The van der Waals surface area contributed by atoms with Crippen LogP contribution < -0.4 is 15.4 Å². The normalized spacial score (nSPS) is 25.8. The summed E-state index contributed by atoms with van der Waals surface area (Å²) in [5.74, 6) is -2.33. The Morgan fingerprint density at radius 3 is 2.33 bits per heavy atom. The molecule has 2 aromatic carbocycles. The van der Waals surface area contributed by atoms with Crippen LogP contribution in [0.5, 0.6) is 0 Å². The van der Waals surface area contributed by atoms with Crippen molar-refractivity contribution in [2.24, 2.45) is 17.3 Å². The van der Waals surface area contributed by atoms with Crippen LogP contribution in [0.3, 0.4) is 0 Å². The molecule has 3 aliphatic carbocycles. The van der Waals surface area contributed by atoms with Crippen LogP contribution >= 0.6 is 11.6 Å². The van der Waals surface area contributed by atoms with Crippen LogP contribution in [0.15, 0.2) is 42.5 Å². The fourth-order valence-corrected chi connectivity index (χ4v) is 9.29. The molecule has 4 fully saturated rings. The zero-order valence-electron chi connectivity index (χ0n) is 30.0. The number of hydrogen-bond donors (Lipinski definition) is 3. The van der Waals surface area contributed by atoms with Crippen molar-refractivity contribution >= 4 is 51.1 Å². The molecule has 3 saturated carbocycles. The summed E-state index contributed by atoms with van der Waals surface area (Å²) < 4.78 is 74.4. The quantitative estimate of drug-likeness (QED) is 0.297. The van der Waals surface area contributed by atoms with Crippen molar-refractivity contribution in [3.63, 3.8) is 0 Å². The SMILES string of the molecule is CC(C)(C)C(Nc1cccc(C(F)(F)F)c1)C(=O)N1CC(OC(=O)N2Cc3cccc(Cl)c3C2)CC1C(=O)NC1(C(=O)NS(=O)(=O)C2CC2)CC1C1CC1. The molecular formula is C37H43ClF3N5O7S. The van der Waals surface area contributed by atoms with Gasteiger partial charge in [0.05, 0.1) is 23.9 Å². The van der Waals surface area contributed by atoms with Gasteiger partial charge < -0.3 is 20.3 Å². The minimum absolute atomic E-state index is 0.0336. The van der Waals surface area contributed by atoms with Gasteiger partial charge >= 0.3 is 12.3 Å². The molecule has 17 heteroatoms. The third-order valence-corrected chi connectivity index (χ3v) is 13.2. The smallest absolute Gasteiger partial charge is 0.416 e. The molecule has 2 aromatic rings. The van der Waals surface area contributed by atoms with Gasteiger partial charge in [0.15, 0.2) is 0 Å². The fraction of sp³-hybridized carbons (Fsp3) is 0.568. The number of ether oxygens (including phenoxy) is 1. The number of rotatable bonds is 10. The predicted molar refractivity (Wildman–Crippen MR) is 191 cm³/mol. The molecule has 5 atom stereocenters. The van der Waals surface area contributed by atoms with E-state index in [0.29, 0.717) is 17.9 Å². The number of carbonyl (C=O) groups excluding carboxylic acids is 4. The highest BCUT2D eigenvalue weighted by Gasteiger charge is 2.67. The van der Waals surface area contributed by atoms with Crippen LogP contribution in [-0.4, -0.2) is 77.6 Å². The molecule has 12 nitrogen and oxygen atoms in total. The number of fused-ring (bicyclic) bond motifs is 1. The molecule has 7 rings (SSSR count). The molecule has 4 amide bonds. The van der Waals surface area contributed by atoms with Crippen LogP contribution in [0.25, 0.3) is 0 Å². The van der Waals surface area contributed by atoms with Crippen LogP contribution in [0.2, 0.25) is 5.02 Å². The van der Waals surface area contributed by atoms with Crippen molar-refractivity contribution in [2.45, 2.75) is 108 Å². The first-order chi connectivity index (χ1) is 25.3. The van der Waals surface area contributed by atoms with E-state index in [9.17, 15) is 40.8 Å². The standard InChI is InChI=1S/C37H43ClF3N5O7S/c1-35(2,3)30(42-23-8-5-7-22(14-23)37(39,40)41)32(48)46-18-24(53-34(50)45-17-21-6-4-9-28(38)26(21)19-45)15-29(46)31(47)43-36(16-27(36)20-10-11-20)33(49)44-54(51,52)25-12-13-25/h4-9,14,20,24-25,27,29-30,42H,10-13,15-19H2,1-3H3,(H,43,47)(H,44,49). The maximum absolute atomic E-state index is 14.6. The first-order valence-corrected chi connectivity index (χ1v) is 20.0. The number of nitrogens with one attached hydrogen (secondary N) is 3. The van der Waals surface area contributed by atoms with Gasteiger partial charge in [0.2, 0.25) is 21.8 Å². The number of nitrogens with zero attached hydrogens (tertiary/aromatic N) is 2. The highest BCUT2D eigenvalue weighted by atomic mass is 35.5. The first-order valence-electron chi connectivity index (χ1n) is 18.1. The molecular weight excluding hydrogens is 751 g/mol. The van der Waals surface area contributed by atoms with Gasteiger partial charge in [-0.15, -0.1) is 0 Å². The third kappa shape index (κ3) is 7.73. The Kier molecular flexibility index (Phi) is 9.63. The molecule has 1 saturated heterocycles. The van der Waals surface area contributed by atoms with Gasteiger partial charge in [-0.05, 0) is 84.7 Å². The number of alkyl halides is 3. The molecule has 292 valence electrons. The van der Waals surface area contributed by atoms with Crippen molar-refractivity contribution in [3.8, 4) is 0 Å². The summed E-state index contributed by atoms with van der Waals surface area (Å²) in [5, 5.41) is 5.62. The Morgan fingerprint density at radius 2 is 1.70 bits per heavy atom. The number of sulfonamides is 1. The number of benzene rings is 2. The molecule has 3 N–H and O–H groups in total. The van der Waals surface area contributed by atoms with Gasteiger partial charge in [-0.1, -0.05) is 50.6 Å². The maximum Gasteiger partial charge on any atom is 0.416 e. The van der Waals surface area contributed by atoms with Crippen molar-refractivity contribution in [1.29, 1.82) is 0 Å². The summed E-state index contributed by atoms with van der Waals surface area (Å²) in [7, 11) is -3.92. The lowest BCUT2D eigenvalue weighted by molar-refractivity contribution is -0.141. The summed E-state index contributed by atoms with van der Waals surface area (Å²) in [6.07, 6.45) is -3.66. The lowest BCUT2D eigenvalue weighted by Crippen LogP contribution is -2.58. The van der Waals surface area contributed by atoms with E-state index in [0.717, 1.165) is 36.1 Å². The minimum atomic E-state index is -4.63. The van der Waals surface area contributed by atoms with E-state index in [1.165, 1.54) is 21.9 Å². The van der Waals surface area contributed by atoms with Gasteiger partial charge in [-0.2, -0.15) is 13.2 Å². The fourth-order valence-electron chi connectivity index (χ4n) is 7.67. The van der Waals surface area contributed by atoms with E-state index >= 15 is 0 Å². The van der Waals surface area contributed by atoms with Crippen molar-refractivity contribution < 1.29 is 45.5 Å². The van der Waals surface area contributed by atoms with Crippen LogP contribution in [-0.2, 0) is 48.4 Å².